The van der Waals surface area contributed by atoms with Gasteiger partial charge in [0.15, 0.2) is 0 Å². The molecule has 0 aliphatic heterocycles. The third kappa shape index (κ3) is 4.96. The molecule has 0 amide bonds. The molecule has 0 heterocycles. The molecular weight excluding hydrogens is 285 g/mol. The van der Waals surface area contributed by atoms with Gasteiger partial charge < -0.3 is 5.32 Å². The van der Waals surface area contributed by atoms with Crippen LogP contribution >= 0.6 is 15.9 Å². The quantitative estimate of drug-likeness (QED) is 0.875. The zero-order valence-electron chi connectivity index (χ0n) is 10.1. The molecule has 2 nitrogen and oxygen atoms in total. The summed E-state index contributed by atoms with van der Waals surface area (Å²) in [5.41, 5.74) is 0.707. The molecule has 1 N–H and O–H groups in total. The molecule has 0 bridgehead atoms. The van der Waals surface area contributed by atoms with Crippen molar-refractivity contribution in [2.24, 2.45) is 0 Å². The number of nitrogens with one attached hydrogen (secondary N) is 1. The third-order valence-electron chi connectivity index (χ3n) is 2.48. The van der Waals surface area contributed by atoms with Crippen molar-refractivity contribution in [3.05, 3.63) is 34.1 Å². The molecule has 0 fully saturated rings. The van der Waals surface area contributed by atoms with Gasteiger partial charge in [0, 0.05) is 23.4 Å². The standard InChI is InChI=1S/C13H17BrFNO/c1-3-16-9(2)6-12(17)8-10-7-11(15)4-5-13(10)14/h4-5,7,9,16H,3,6,8H2,1-2H3. The Hall–Kier alpha value is -0.740. The maximum Gasteiger partial charge on any atom is 0.138 e. The highest BCUT2D eigenvalue weighted by Crippen LogP contribution is 2.19. The fourth-order valence-electron chi connectivity index (χ4n) is 1.73. The van der Waals surface area contributed by atoms with Gasteiger partial charge in [0.2, 0.25) is 0 Å². The van der Waals surface area contributed by atoms with Gasteiger partial charge in [-0.05, 0) is 37.2 Å². The van der Waals surface area contributed by atoms with Crippen LogP contribution in [-0.4, -0.2) is 18.4 Å². The van der Waals surface area contributed by atoms with E-state index in [1.54, 1.807) is 6.07 Å². The lowest BCUT2D eigenvalue weighted by molar-refractivity contribution is -0.118. The topological polar surface area (TPSA) is 29.1 Å². The van der Waals surface area contributed by atoms with Gasteiger partial charge in [0.05, 0.1) is 0 Å². The highest BCUT2D eigenvalue weighted by atomic mass is 79.9. The summed E-state index contributed by atoms with van der Waals surface area (Å²) in [6.45, 7) is 4.82. The van der Waals surface area contributed by atoms with Gasteiger partial charge in [-0.1, -0.05) is 22.9 Å². The molecule has 0 radical (unpaired) electrons. The van der Waals surface area contributed by atoms with Crippen molar-refractivity contribution >= 4 is 21.7 Å². The summed E-state index contributed by atoms with van der Waals surface area (Å²) in [6.07, 6.45) is 0.741. The Morgan fingerprint density at radius 3 is 2.88 bits per heavy atom. The minimum Gasteiger partial charge on any atom is -0.314 e. The van der Waals surface area contributed by atoms with E-state index in [1.165, 1.54) is 12.1 Å². The van der Waals surface area contributed by atoms with Crippen LogP contribution in [0.2, 0.25) is 0 Å². The van der Waals surface area contributed by atoms with Crippen molar-refractivity contribution in [1.82, 2.24) is 5.32 Å². The lowest BCUT2D eigenvalue weighted by Gasteiger charge is -2.11. The lowest BCUT2D eigenvalue weighted by Crippen LogP contribution is -2.28. The summed E-state index contributed by atoms with van der Waals surface area (Å²) in [4.78, 5) is 11.8. The molecule has 1 aromatic rings. The van der Waals surface area contributed by atoms with Gasteiger partial charge in [-0.25, -0.2) is 4.39 Å². The van der Waals surface area contributed by atoms with Gasteiger partial charge >= 0.3 is 0 Å². The number of hydrogen-bond acceptors (Lipinski definition) is 2. The molecule has 1 atom stereocenters. The summed E-state index contributed by atoms with van der Waals surface area (Å²) in [5.74, 6) is -0.194. The van der Waals surface area contributed by atoms with E-state index in [2.05, 4.69) is 21.2 Å². The first kappa shape index (κ1) is 14.3. The maximum atomic E-state index is 13.0. The fourth-order valence-corrected chi connectivity index (χ4v) is 2.11. The van der Waals surface area contributed by atoms with Crippen LogP contribution in [0.5, 0.6) is 0 Å². The van der Waals surface area contributed by atoms with Crippen LogP contribution in [0.1, 0.15) is 25.8 Å². The molecular formula is C13H17BrFNO. The Balaban J connectivity index is 2.58. The number of benzene rings is 1. The van der Waals surface area contributed by atoms with Crippen molar-refractivity contribution < 1.29 is 9.18 Å². The monoisotopic (exact) mass is 301 g/mol. The average Bonchev–Trinajstić information content (AvgIpc) is 2.23. The minimum atomic E-state index is -0.310. The molecule has 0 aromatic heterocycles. The number of carbonyl (C=O) groups is 1. The van der Waals surface area contributed by atoms with E-state index in [-0.39, 0.29) is 24.1 Å². The molecule has 4 heteroatoms. The second-order valence-corrected chi connectivity index (χ2v) is 4.97. The molecule has 1 aromatic carbocycles. The van der Waals surface area contributed by atoms with Crippen LogP contribution in [0.15, 0.2) is 22.7 Å². The average molecular weight is 302 g/mol. The molecule has 0 spiro atoms. The number of carbonyl (C=O) groups excluding carboxylic acids is 1. The van der Waals surface area contributed by atoms with Crippen molar-refractivity contribution in [2.75, 3.05) is 6.54 Å². The maximum absolute atomic E-state index is 13.0. The molecule has 0 saturated carbocycles. The number of halogens is 2. The summed E-state index contributed by atoms with van der Waals surface area (Å²) in [6, 6.07) is 4.57. The Morgan fingerprint density at radius 1 is 1.53 bits per heavy atom. The van der Waals surface area contributed by atoms with E-state index >= 15 is 0 Å². The molecule has 0 aliphatic rings. The Kier molecular flexibility index (Phi) is 5.78. The van der Waals surface area contributed by atoms with E-state index < -0.39 is 0 Å². The first-order chi connectivity index (χ1) is 8.02. The van der Waals surface area contributed by atoms with E-state index in [9.17, 15) is 9.18 Å². The molecule has 1 rings (SSSR count). The summed E-state index contributed by atoms with van der Waals surface area (Å²) in [5, 5.41) is 3.18. The number of rotatable bonds is 6. The molecule has 0 saturated heterocycles. The zero-order chi connectivity index (χ0) is 12.8. The van der Waals surface area contributed by atoms with Crippen molar-refractivity contribution in [3.63, 3.8) is 0 Å². The van der Waals surface area contributed by atoms with E-state index in [0.717, 1.165) is 11.0 Å². The van der Waals surface area contributed by atoms with Crippen LogP contribution in [-0.2, 0) is 11.2 Å². The third-order valence-corrected chi connectivity index (χ3v) is 3.26. The Morgan fingerprint density at radius 2 is 2.24 bits per heavy atom. The summed E-state index contributed by atoms with van der Waals surface area (Å²) < 4.78 is 13.8. The fraction of sp³-hybridized carbons (Fsp3) is 0.462. The van der Waals surface area contributed by atoms with Gasteiger partial charge in [-0.15, -0.1) is 0 Å². The SMILES string of the molecule is CCNC(C)CC(=O)Cc1cc(F)ccc1Br. The van der Waals surface area contributed by atoms with Crippen LogP contribution in [0, 0.1) is 5.82 Å². The lowest BCUT2D eigenvalue weighted by atomic mass is 10.0. The van der Waals surface area contributed by atoms with E-state index in [1.807, 2.05) is 13.8 Å². The molecule has 1 unspecified atom stereocenters. The molecule has 17 heavy (non-hydrogen) atoms. The van der Waals surface area contributed by atoms with Crippen LogP contribution in [0.25, 0.3) is 0 Å². The van der Waals surface area contributed by atoms with Gasteiger partial charge in [-0.3, -0.25) is 4.79 Å². The Labute approximate surface area is 110 Å². The van der Waals surface area contributed by atoms with Crippen molar-refractivity contribution in [2.45, 2.75) is 32.7 Å². The highest BCUT2D eigenvalue weighted by molar-refractivity contribution is 9.10. The van der Waals surface area contributed by atoms with E-state index in [4.69, 9.17) is 0 Å². The zero-order valence-corrected chi connectivity index (χ0v) is 11.7. The minimum absolute atomic E-state index is 0.116. The number of ketones is 1. The van der Waals surface area contributed by atoms with Crippen LogP contribution < -0.4 is 5.32 Å². The first-order valence-corrected chi connectivity index (χ1v) is 6.51. The second-order valence-electron chi connectivity index (χ2n) is 4.11. The second kappa shape index (κ2) is 6.87. The predicted molar refractivity (Wildman–Crippen MR) is 70.6 cm³/mol. The molecule has 94 valence electrons. The van der Waals surface area contributed by atoms with Gasteiger partial charge in [0.1, 0.15) is 11.6 Å². The number of hydrogen-bond donors (Lipinski definition) is 1. The first-order valence-electron chi connectivity index (χ1n) is 5.72. The van der Waals surface area contributed by atoms with Crippen LogP contribution in [0.3, 0.4) is 0 Å². The largest absolute Gasteiger partial charge is 0.314 e. The predicted octanol–water partition coefficient (Wildman–Crippen LogP) is 3.09. The highest BCUT2D eigenvalue weighted by Gasteiger charge is 2.11. The van der Waals surface area contributed by atoms with Crippen LogP contribution in [0.4, 0.5) is 4.39 Å². The van der Waals surface area contributed by atoms with E-state index in [0.29, 0.717) is 12.0 Å². The summed E-state index contributed by atoms with van der Waals surface area (Å²) >= 11 is 3.32. The smallest absolute Gasteiger partial charge is 0.138 e. The summed E-state index contributed by atoms with van der Waals surface area (Å²) in [7, 11) is 0. The molecule has 0 aliphatic carbocycles. The van der Waals surface area contributed by atoms with Gasteiger partial charge in [-0.2, -0.15) is 0 Å². The van der Waals surface area contributed by atoms with Gasteiger partial charge in [0.25, 0.3) is 0 Å². The number of Topliss-reactive ketones (excluding diaryl/α,β-unsaturated/α-hetero) is 1. The van der Waals surface area contributed by atoms with Crippen molar-refractivity contribution in [1.29, 1.82) is 0 Å². The van der Waals surface area contributed by atoms with Crippen molar-refractivity contribution in [3.8, 4) is 0 Å². The Bertz CT molecular complexity index is 395. The normalized spacial score (nSPS) is 12.5.